The summed E-state index contributed by atoms with van der Waals surface area (Å²) in [6.45, 7) is 0. The number of halogens is 3. The maximum Gasteiger partial charge on any atom is 0.423 e. The first-order chi connectivity index (χ1) is 10.7. The Kier molecular flexibility index (Phi) is 4.21. The highest BCUT2D eigenvalue weighted by molar-refractivity contribution is 5.95. The second-order valence-corrected chi connectivity index (χ2v) is 4.43. The highest BCUT2D eigenvalue weighted by Crippen LogP contribution is 2.41. The number of carboxylic acids is 1. The predicted molar refractivity (Wildman–Crippen MR) is 74.8 cm³/mol. The van der Waals surface area contributed by atoms with E-state index < -0.39 is 34.0 Å². The minimum Gasteiger partial charge on any atom is -0.478 e. The standard InChI is InChI=1S/C14H9F3N2O4/c15-14(16,17)9-5-3-7-11(12(9)19(22)23)18-10-6-2-1-4-8(10)13(20)21/h1-7,18H,(H,20,21). The minimum atomic E-state index is -4.91. The van der Waals surface area contributed by atoms with E-state index in [0.717, 1.165) is 12.1 Å². The number of nitro groups is 1. The third-order valence-corrected chi connectivity index (χ3v) is 2.95. The van der Waals surface area contributed by atoms with Gasteiger partial charge in [0.15, 0.2) is 0 Å². The number of rotatable bonds is 4. The summed E-state index contributed by atoms with van der Waals surface area (Å²) >= 11 is 0. The zero-order valence-corrected chi connectivity index (χ0v) is 11.3. The number of carbonyl (C=O) groups is 1. The summed E-state index contributed by atoms with van der Waals surface area (Å²) in [5.74, 6) is -1.32. The molecule has 0 aliphatic heterocycles. The zero-order valence-electron chi connectivity index (χ0n) is 11.3. The topological polar surface area (TPSA) is 92.5 Å². The second-order valence-electron chi connectivity index (χ2n) is 4.43. The van der Waals surface area contributed by atoms with Gasteiger partial charge in [-0.25, -0.2) is 4.79 Å². The molecule has 2 rings (SSSR count). The van der Waals surface area contributed by atoms with E-state index in [1.54, 1.807) is 0 Å². The monoisotopic (exact) mass is 326 g/mol. The quantitative estimate of drug-likeness (QED) is 0.653. The van der Waals surface area contributed by atoms with Crippen molar-refractivity contribution < 1.29 is 28.0 Å². The normalized spacial score (nSPS) is 11.1. The molecule has 0 atom stereocenters. The largest absolute Gasteiger partial charge is 0.478 e. The van der Waals surface area contributed by atoms with Gasteiger partial charge in [0.1, 0.15) is 11.3 Å². The van der Waals surface area contributed by atoms with Gasteiger partial charge in [-0.1, -0.05) is 18.2 Å². The van der Waals surface area contributed by atoms with Gasteiger partial charge >= 0.3 is 17.8 Å². The Balaban J connectivity index is 2.58. The Labute approximate surface area is 127 Å². The molecule has 2 N–H and O–H groups in total. The van der Waals surface area contributed by atoms with Gasteiger partial charge in [0, 0.05) is 0 Å². The number of alkyl halides is 3. The molecule has 0 amide bonds. The van der Waals surface area contributed by atoms with Gasteiger partial charge in [-0.05, 0) is 24.3 Å². The first kappa shape index (κ1) is 16.3. The Hall–Kier alpha value is -3.10. The molecule has 2 aromatic carbocycles. The average Bonchev–Trinajstić information content (AvgIpc) is 2.46. The van der Waals surface area contributed by atoms with Crippen molar-refractivity contribution in [1.29, 1.82) is 0 Å². The number of benzene rings is 2. The molecule has 0 fully saturated rings. The van der Waals surface area contributed by atoms with Crippen LogP contribution in [-0.4, -0.2) is 16.0 Å². The third-order valence-electron chi connectivity index (χ3n) is 2.95. The van der Waals surface area contributed by atoms with Gasteiger partial charge in [-0.15, -0.1) is 0 Å². The first-order valence-electron chi connectivity index (χ1n) is 6.15. The van der Waals surface area contributed by atoms with E-state index in [9.17, 15) is 28.1 Å². The van der Waals surface area contributed by atoms with E-state index in [1.165, 1.54) is 24.3 Å². The summed E-state index contributed by atoms with van der Waals surface area (Å²) < 4.78 is 38.7. The molecule has 23 heavy (non-hydrogen) atoms. The molecule has 0 aliphatic carbocycles. The highest BCUT2D eigenvalue weighted by atomic mass is 19.4. The smallest absolute Gasteiger partial charge is 0.423 e. The molecule has 0 heterocycles. The van der Waals surface area contributed by atoms with Crippen LogP contribution in [-0.2, 0) is 6.18 Å². The lowest BCUT2D eigenvalue weighted by Crippen LogP contribution is -2.11. The summed E-state index contributed by atoms with van der Waals surface area (Å²) in [6.07, 6.45) is -4.91. The Morgan fingerprint density at radius 3 is 2.26 bits per heavy atom. The van der Waals surface area contributed by atoms with Crippen molar-refractivity contribution in [1.82, 2.24) is 0 Å². The fourth-order valence-corrected chi connectivity index (χ4v) is 1.99. The Morgan fingerprint density at radius 2 is 1.70 bits per heavy atom. The van der Waals surface area contributed by atoms with Crippen LogP contribution >= 0.6 is 0 Å². The lowest BCUT2D eigenvalue weighted by molar-refractivity contribution is -0.387. The summed E-state index contributed by atoms with van der Waals surface area (Å²) in [5.41, 5.74) is -3.30. The van der Waals surface area contributed by atoms with Crippen molar-refractivity contribution in [3.8, 4) is 0 Å². The van der Waals surface area contributed by atoms with Crippen LogP contribution in [0.2, 0.25) is 0 Å². The molecule has 120 valence electrons. The number of hydrogen-bond donors (Lipinski definition) is 2. The fraction of sp³-hybridized carbons (Fsp3) is 0.0714. The molecule has 9 heteroatoms. The van der Waals surface area contributed by atoms with Gasteiger partial charge < -0.3 is 10.4 Å². The minimum absolute atomic E-state index is 0.0533. The molecule has 0 spiro atoms. The van der Waals surface area contributed by atoms with Crippen LogP contribution in [0.15, 0.2) is 42.5 Å². The van der Waals surface area contributed by atoms with Crippen LogP contribution in [0.5, 0.6) is 0 Å². The zero-order chi connectivity index (χ0) is 17.2. The summed E-state index contributed by atoms with van der Waals surface area (Å²) in [4.78, 5) is 21.0. The fourth-order valence-electron chi connectivity index (χ4n) is 1.99. The number of nitrogens with one attached hydrogen (secondary N) is 1. The number of anilines is 2. The number of para-hydroxylation sites is 2. The molecular weight excluding hydrogens is 317 g/mol. The van der Waals surface area contributed by atoms with Crippen LogP contribution in [0.4, 0.5) is 30.2 Å². The van der Waals surface area contributed by atoms with E-state index >= 15 is 0 Å². The van der Waals surface area contributed by atoms with Crippen LogP contribution in [0.3, 0.4) is 0 Å². The van der Waals surface area contributed by atoms with Crippen molar-refractivity contribution >= 4 is 23.0 Å². The molecular formula is C14H9F3N2O4. The van der Waals surface area contributed by atoms with Crippen molar-refractivity contribution in [3.63, 3.8) is 0 Å². The number of hydrogen-bond acceptors (Lipinski definition) is 4. The van der Waals surface area contributed by atoms with E-state index in [1.807, 2.05) is 0 Å². The van der Waals surface area contributed by atoms with Crippen LogP contribution in [0.1, 0.15) is 15.9 Å². The van der Waals surface area contributed by atoms with Crippen LogP contribution in [0, 0.1) is 10.1 Å². The molecule has 2 aromatic rings. The molecule has 0 radical (unpaired) electrons. The third kappa shape index (κ3) is 3.39. The average molecular weight is 326 g/mol. The first-order valence-corrected chi connectivity index (χ1v) is 6.15. The molecule has 0 aliphatic rings. The molecule has 0 unspecified atom stereocenters. The highest BCUT2D eigenvalue weighted by Gasteiger charge is 2.39. The molecule has 0 bridgehead atoms. The van der Waals surface area contributed by atoms with Crippen LogP contribution in [0.25, 0.3) is 0 Å². The molecule has 0 aromatic heterocycles. The van der Waals surface area contributed by atoms with Gasteiger partial charge in [-0.3, -0.25) is 10.1 Å². The summed E-state index contributed by atoms with van der Waals surface area (Å²) in [5, 5.41) is 22.5. The van der Waals surface area contributed by atoms with Crippen molar-refractivity contribution in [3.05, 3.63) is 63.7 Å². The summed E-state index contributed by atoms with van der Waals surface area (Å²) in [7, 11) is 0. The van der Waals surface area contributed by atoms with Gasteiger partial charge in [-0.2, -0.15) is 13.2 Å². The van der Waals surface area contributed by atoms with E-state index in [4.69, 9.17) is 5.11 Å². The maximum absolute atomic E-state index is 12.9. The maximum atomic E-state index is 12.9. The summed E-state index contributed by atoms with van der Waals surface area (Å²) in [6, 6.07) is 8.07. The van der Waals surface area contributed by atoms with Gasteiger partial charge in [0.05, 0.1) is 16.2 Å². The number of nitrogens with zero attached hydrogens (tertiary/aromatic N) is 1. The lowest BCUT2D eigenvalue weighted by Gasteiger charge is -2.13. The molecule has 6 nitrogen and oxygen atoms in total. The SMILES string of the molecule is O=C(O)c1ccccc1Nc1cccc(C(F)(F)F)c1[N+](=O)[O-]. The van der Waals surface area contributed by atoms with Crippen molar-refractivity contribution in [2.45, 2.75) is 6.18 Å². The van der Waals surface area contributed by atoms with E-state index in [2.05, 4.69) is 5.32 Å². The van der Waals surface area contributed by atoms with E-state index in [0.29, 0.717) is 6.07 Å². The molecule has 0 saturated carbocycles. The van der Waals surface area contributed by atoms with E-state index in [-0.39, 0.29) is 11.3 Å². The van der Waals surface area contributed by atoms with Crippen molar-refractivity contribution in [2.24, 2.45) is 0 Å². The number of aromatic carboxylic acids is 1. The Morgan fingerprint density at radius 1 is 1.09 bits per heavy atom. The van der Waals surface area contributed by atoms with Gasteiger partial charge in [0.2, 0.25) is 0 Å². The predicted octanol–water partition coefficient (Wildman–Crippen LogP) is 4.06. The second kappa shape index (κ2) is 5.95. The Bertz CT molecular complexity index is 775. The molecule has 0 saturated heterocycles. The lowest BCUT2D eigenvalue weighted by atomic mass is 10.1. The van der Waals surface area contributed by atoms with Crippen LogP contribution < -0.4 is 5.32 Å². The number of nitro benzene ring substituents is 1. The van der Waals surface area contributed by atoms with Gasteiger partial charge in [0.25, 0.3) is 0 Å². The number of carboxylic acid groups (broad SMARTS) is 1. The van der Waals surface area contributed by atoms with Crippen molar-refractivity contribution in [2.75, 3.05) is 5.32 Å².